The predicted octanol–water partition coefficient (Wildman–Crippen LogP) is 2.95. The van der Waals surface area contributed by atoms with E-state index < -0.39 is 0 Å². The van der Waals surface area contributed by atoms with Crippen LogP contribution < -0.4 is 5.32 Å². The van der Waals surface area contributed by atoms with Gasteiger partial charge in [-0.15, -0.1) is 11.8 Å². The van der Waals surface area contributed by atoms with E-state index in [0.717, 1.165) is 30.4 Å². The molecule has 0 aromatic heterocycles. The van der Waals surface area contributed by atoms with Gasteiger partial charge < -0.3 is 10.1 Å². The molecule has 94 valence electrons. The van der Waals surface area contributed by atoms with Crippen molar-refractivity contribution in [3.8, 4) is 0 Å². The lowest BCUT2D eigenvalue weighted by atomic mass is 10.1. The number of rotatable bonds is 4. The monoisotopic (exact) mass is 271 g/mol. The highest BCUT2D eigenvalue weighted by atomic mass is 35.5. The van der Waals surface area contributed by atoms with E-state index in [2.05, 4.69) is 11.4 Å². The third-order valence-electron chi connectivity index (χ3n) is 3.09. The van der Waals surface area contributed by atoms with Gasteiger partial charge >= 0.3 is 0 Å². The summed E-state index contributed by atoms with van der Waals surface area (Å²) < 4.78 is 5.54. The van der Waals surface area contributed by atoms with Crippen molar-refractivity contribution in [1.29, 1.82) is 0 Å². The summed E-state index contributed by atoms with van der Waals surface area (Å²) in [6.45, 7) is 1.70. The molecule has 17 heavy (non-hydrogen) atoms. The van der Waals surface area contributed by atoms with E-state index in [4.69, 9.17) is 16.3 Å². The predicted molar refractivity (Wildman–Crippen MR) is 74.8 cm³/mol. The van der Waals surface area contributed by atoms with Gasteiger partial charge in [0.1, 0.15) is 0 Å². The molecule has 1 N–H and O–H groups in total. The van der Waals surface area contributed by atoms with Crippen molar-refractivity contribution in [2.24, 2.45) is 0 Å². The summed E-state index contributed by atoms with van der Waals surface area (Å²) in [7, 11) is 2.03. The number of hydrogen-bond donors (Lipinski definition) is 1. The summed E-state index contributed by atoms with van der Waals surface area (Å²) in [4.78, 5) is 0. The molecule has 4 heteroatoms. The Morgan fingerprint density at radius 2 is 2.29 bits per heavy atom. The van der Waals surface area contributed by atoms with Gasteiger partial charge in [-0.3, -0.25) is 0 Å². The zero-order chi connectivity index (χ0) is 12.1. The highest BCUT2D eigenvalue weighted by Crippen LogP contribution is 2.27. The topological polar surface area (TPSA) is 21.3 Å². The summed E-state index contributed by atoms with van der Waals surface area (Å²) in [5.74, 6) is 0.950. The van der Waals surface area contributed by atoms with Crippen LogP contribution in [0.1, 0.15) is 12.0 Å². The summed E-state index contributed by atoms with van der Waals surface area (Å²) >= 11 is 8.08. The van der Waals surface area contributed by atoms with E-state index in [9.17, 15) is 0 Å². The minimum Gasteiger partial charge on any atom is -0.380 e. The van der Waals surface area contributed by atoms with Crippen molar-refractivity contribution >= 4 is 23.4 Å². The van der Waals surface area contributed by atoms with Crippen LogP contribution in [0.25, 0.3) is 0 Å². The molecule has 0 amide bonds. The van der Waals surface area contributed by atoms with E-state index in [-0.39, 0.29) is 0 Å². The lowest BCUT2D eigenvalue weighted by molar-refractivity contribution is 0.0850. The minimum absolute atomic E-state index is 0.519. The van der Waals surface area contributed by atoms with Gasteiger partial charge in [-0.1, -0.05) is 29.8 Å². The lowest BCUT2D eigenvalue weighted by Gasteiger charge is -2.30. The number of benzene rings is 1. The smallest absolute Gasteiger partial charge is 0.0600 e. The Bertz CT molecular complexity index is 361. The standard InChI is InChI=1S/C13H18ClNOS/c1-15-12-6-7-16-8-13(12)17-9-10-4-2-3-5-11(10)14/h2-5,12-13,15H,6-9H2,1H3. The molecule has 1 aliphatic rings. The molecule has 1 fully saturated rings. The fraction of sp³-hybridized carbons (Fsp3) is 0.538. The molecule has 1 aliphatic heterocycles. The van der Waals surface area contributed by atoms with Crippen LogP contribution in [-0.4, -0.2) is 31.6 Å². The van der Waals surface area contributed by atoms with Crippen LogP contribution in [0.15, 0.2) is 24.3 Å². The number of ether oxygens (including phenoxy) is 1. The second kappa shape index (κ2) is 6.64. The second-order valence-electron chi connectivity index (χ2n) is 4.20. The van der Waals surface area contributed by atoms with Crippen molar-refractivity contribution in [2.75, 3.05) is 20.3 Å². The maximum absolute atomic E-state index is 6.15. The Morgan fingerprint density at radius 3 is 3.06 bits per heavy atom. The third-order valence-corrected chi connectivity index (χ3v) is 4.82. The Hall–Kier alpha value is -0.220. The normalized spacial score (nSPS) is 24.8. The van der Waals surface area contributed by atoms with Crippen LogP contribution in [0.5, 0.6) is 0 Å². The van der Waals surface area contributed by atoms with E-state index in [1.165, 1.54) is 5.56 Å². The van der Waals surface area contributed by atoms with Crippen molar-refractivity contribution < 1.29 is 4.74 Å². The molecule has 2 atom stereocenters. The molecule has 2 rings (SSSR count). The first kappa shape index (κ1) is 13.2. The van der Waals surface area contributed by atoms with E-state index >= 15 is 0 Å². The van der Waals surface area contributed by atoms with E-state index in [1.54, 1.807) is 0 Å². The molecule has 2 unspecified atom stereocenters. The maximum Gasteiger partial charge on any atom is 0.0600 e. The van der Waals surface area contributed by atoms with Crippen LogP contribution in [0.3, 0.4) is 0 Å². The van der Waals surface area contributed by atoms with Crippen molar-refractivity contribution in [2.45, 2.75) is 23.5 Å². The molecule has 1 heterocycles. The molecule has 2 nitrogen and oxygen atoms in total. The highest BCUT2D eigenvalue weighted by Gasteiger charge is 2.24. The Kier molecular flexibility index (Phi) is 5.16. The van der Waals surface area contributed by atoms with Crippen LogP contribution in [-0.2, 0) is 10.5 Å². The first-order valence-corrected chi connectivity index (χ1v) is 7.34. The van der Waals surface area contributed by atoms with Crippen LogP contribution in [0.4, 0.5) is 0 Å². The van der Waals surface area contributed by atoms with Gasteiger partial charge in [-0.05, 0) is 25.1 Å². The second-order valence-corrected chi connectivity index (χ2v) is 5.83. The van der Waals surface area contributed by atoms with Crippen molar-refractivity contribution in [3.05, 3.63) is 34.9 Å². The van der Waals surface area contributed by atoms with Gasteiger partial charge in [0.2, 0.25) is 0 Å². The molecule has 1 aromatic carbocycles. The van der Waals surface area contributed by atoms with Crippen LogP contribution in [0.2, 0.25) is 5.02 Å². The SMILES string of the molecule is CNC1CCOCC1SCc1ccccc1Cl. The molecule has 0 radical (unpaired) electrons. The summed E-state index contributed by atoms with van der Waals surface area (Å²) in [5, 5.41) is 4.75. The number of hydrogen-bond acceptors (Lipinski definition) is 3. The number of nitrogens with one attached hydrogen (secondary N) is 1. The first-order valence-electron chi connectivity index (χ1n) is 5.91. The zero-order valence-corrected chi connectivity index (χ0v) is 11.6. The van der Waals surface area contributed by atoms with Gasteiger partial charge in [-0.25, -0.2) is 0 Å². The molecular formula is C13H18ClNOS. The number of thioether (sulfide) groups is 1. The molecule has 1 aromatic rings. The average molecular weight is 272 g/mol. The molecule has 0 aliphatic carbocycles. The molecule has 0 saturated carbocycles. The van der Waals surface area contributed by atoms with Crippen LogP contribution in [0, 0.1) is 0 Å². The van der Waals surface area contributed by atoms with Gasteiger partial charge in [0, 0.05) is 28.7 Å². The first-order chi connectivity index (χ1) is 8.31. The molecule has 0 spiro atoms. The quantitative estimate of drug-likeness (QED) is 0.910. The molecule has 0 bridgehead atoms. The zero-order valence-electron chi connectivity index (χ0n) is 9.99. The molecule has 1 saturated heterocycles. The van der Waals surface area contributed by atoms with Gasteiger partial charge in [0.25, 0.3) is 0 Å². The van der Waals surface area contributed by atoms with Crippen LogP contribution >= 0.6 is 23.4 Å². The fourth-order valence-electron chi connectivity index (χ4n) is 2.02. The third kappa shape index (κ3) is 3.62. The lowest BCUT2D eigenvalue weighted by Crippen LogP contribution is -2.43. The van der Waals surface area contributed by atoms with Crippen molar-refractivity contribution in [3.63, 3.8) is 0 Å². The fourth-order valence-corrected chi connectivity index (χ4v) is 3.64. The average Bonchev–Trinajstić information content (AvgIpc) is 2.38. The van der Waals surface area contributed by atoms with E-state index in [0.29, 0.717) is 11.3 Å². The summed E-state index contributed by atoms with van der Waals surface area (Å²) in [6.07, 6.45) is 1.09. The minimum atomic E-state index is 0.519. The Morgan fingerprint density at radius 1 is 1.47 bits per heavy atom. The van der Waals surface area contributed by atoms with E-state index in [1.807, 2.05) is 37.0 Å². The van der Waals surface area contributed by atoms with Gasteiger partial charge in [-0.2, -0.15) is 0 Å². The van der Waals surface area contributed by atoms with Crippen molar-refractivity contribution in [1.82, 2.24) is 5.32 Å². The summed E-state index contributed by atoms with van der Waals surface area (Å²) in [5.41, 5.74) is 1.21. The Balaban J connectivity index is 1.90. The van der Waals surface area contributed by atoms with Gasteiger partial charge in [0.15, 0.2) is 0 Å². The maximum atomic E-state index is 6.15. The Labute approximate surface area is 112 Å². The highest BCUT2D eigenvalue weighted by molar-refractivity contribution is 7.99. The molecular weight excluding hydrogens is 254 g/mol. The number of halogens is 1. The summed E-state index contributed by atoms with van der Waals surface area (Å²) in [6, 6.07) is 8.60. The van der Waals surface area contributed by atoms with Gasteiger partial charge in [0.05, 0.1) is 6.61 Å². The largest absolute Gasteiger partial charge is 0.380 e.